The van der Waals surface area contributed by atoms with Gasteiger partial charge in [-0.2, -0.15) is 0 Å². The van der Waals surface area contributed by atoms with E-state index in [9.17, 15) is 4.79 Å². The number of aromatic nitrogens is 1. The molecule has 0 spiro atoms. The minimum atomic E-state index is -0.267. The Labute approximate surface area is 122 Å². The molecule has 5 heteroatoms. The van der Waals surface area contributed by atoms with Gasteiger partial charge in [-0.1, -0.05) is 31.2 Å². The number of aryl methyl sites for hydroxylation is 1. The molecule has 0 aliphatic carbocycles. The summed E-state index contributed by atoms with van der Waals surface area (Å²) in [5, 5.41) is 5.96. The lowest BCUT2D eigenvalue weighted by molar-refractivity contribution is -0.139. The number of carbonyl (C=O) groups excluding carboxylic acids is 1. The molecule has 2 aromatic rings. The second kappa shape index (κ2) is 7.05. The molecule has 106 valence electrons. The van der Waals surface area contributed by atoms with Crippen LogP contribution in [0.4, 0.5) is 5.13 Å². The first-order valence-electron chi connectivity index (χ1n) is 6.54. The van der Waals surface area contributed by atoms with E-state index in [-0.39, 0.29) is 12.4 Å². The number of benzene rings is 1. The van der Waals surface area contributed by atoms with Gasteiger partial charge in [-0.15, -0.1) is 11.3 Å². The van der Waals surface area contributed by atoms with Crippen LogP contribution in [0.15, 0.2) is 29.6 Å². The van der Waals surface area contributed by atoms with Gasteiger partial charge in [-0.3, -0.25) is 4.79 Å². The Balaban J connectivity index is 1.88. The molecule has 1 N–H and O–H groups in total. The lowest BCUT2D eigenvalue weighted by Gasteiger charge is -2.04. The average Bonchev–Trinajstić information content (AvgIpc) is 2.93. The molecular formula is C15H18N2O2S. The Morgan fingerprint density at radius 2 is 2.00 bits per heavy atom. The van der Waals surface area contributed by atoms with Crippen LogP contribution in [0.1, 0.15) is 23.7 Å². The maximum absolute atomic E-state index is 11.2. The first-order chi connectivity index (χ1) is 9.71. The molecule has 0 saturated carbocycles. The van der Waals surface area contributed by atoms with E-state index in [0.717, 1.165) is 23.8 Å². The summed E-state index contributed by atoms with van der Waals surface area (Å²) in [5.41, 5.74) is 3.29. The normalized spacial score (nSPS) is 10.3. The zero-order valence-electron chi connectivity index (χ0n) is 11.7. The Hall–Kier alpha value is -1.88. The van der Waals surface area contributed by atoms with Gasteiger partial charge in [-0.05, 0) is 17.5 Å². The zero-order chi connectivity index (χ0) is 14.4. The molecule has 0 fully saturated rings. The maximum Gasteiger partial charge on any atom is 0.311 e. The molecule has 0 aliphatic heterocycles. The van der Waals surface area contributed by atoms with Crippen LogP contribution in [-0.2, 0) is 28.9 Å². The maximum atomic E-state index is 11.2. The van der Waals surface area contributed by atoms with Crippen molar-refractivity contribution in [3.63, 3.8) is 0 Å². The van der Waals surface area contributed by atoms with Gasteiger partial charge in [0.05, 0.1) is 19.2 Å². The average molecular weight is 290 g/mol. The van der Waals surface area contributed by atoms with E-state index in [0.29, 0.717) is 0 Å². The topological polar surface area (TPSA) is 51.2 Å². The van der Waals surface area contributed by atoms with Crippen LogP contribution in [0.2, 0.25) is 0 Å². The van der Waals surface area contributed by atoms with Gasteiger partial charge >= 0.3 is 5.97 Å². The molecule has 0 amide bonds. The van der Waals surface area contributed by atoms with Crippen LogP contribution in [0.25, 0.3) is 0 Å². The van der Waals surface area contributed by atoms with Crippen LogP contribution in [0.3, 0.4) is 0 Å². The number of carbonyl (C=O) groups is 1. The van der Waals surface area contributed by atoms with Crippen LogP contribution in [-0.4, -0.2) is 18.1 Å². The molecule has 1 aromatic carbocycles. The summed E-state index contributed by atoms with van der Waals surface area (Å²) in [4.78, 5) is 15.5. The first kappa shape index (κ1) is 14.5. The van der Waals surface area contributed by atoms with E-state index in [1.807, 2.05) is 5.38 Å². The number of thiazole rings is 1. The van der Waals surface area contributed by atoms with Crippen molar-refractivity contribution in [1.29, 1.82) is 0 Å². The van der Waals surface area contributed by atoms with Crippen molar-refractivity contribution in [2.24, 2.45) is 0 Å². The van der Waals surface area contributed by atoms with E-state index in [2.05, 4.69) is 46.2 Å². The van der Waals surface area contributed by atoms with Crippen molar-refractivity contribution in [3.8, 4) is 0 Å². The quantitative estimate of drug-likeness (QED) is 0.831. The molecule has 20 heavy (non-hydrogen) atoms. The lowest BCUT2D eigenvalue weighted by atomic mass is 10.1. The molecule has 0 saturated heterocycles. The lowest BCUT2D eigenvalue weighted by Crippen LogP contribution is -2.05. The van der Waals surface area contributed by atoms with Crippen molar-refractivity contribution in [1.82, 2.24) is 4.98 Å². The summed E-state index contributed by atoms with van der Waals surface area (Å²) < 4.78 is 4.62. The number of hydrogen-bond donors (Lipinski definition) is 1. The summed E-state index contributed by atoms with van der Waals surface area (Å²) in [5.74, 6) is -0.267. The fourth-order valence-electron chi connectivity index (χ4n) is 1.76. The zero-order valence-corrected chi connectivity index (χ0v) is 12.5. The second-order valence-corrected chi connectivity index (χ2v) is 5.28. The number of methoxy groups -OCH3 is 1. The van der Waals surface area contributed by atoms with Gasteiger partial charge < -0.3 is 10.1 Å². The van der Waals surface area contributed by atoms with Crippen molar-refractivity contribution < 1.29 is 9.53 Å². The molecule has 4 nitrogen and oxygen atoms in total. The number of ether oxygens (including phenoxy) is 1. The van der Waals surface area contributed by atoms with Gasteiger partial charge in [0, 0.05) is 11.9 Å². The van der Waals surface area contributed by atoms with Crippen LogP contribution in [0, 0.1) is 0 Å². The SMILES string of the molecule is CCc1ccc(CNc2nc(CC(=O)OC)cs2)cc1. The predicted octanol–water partition coefficient (Wildman–Crippen LogP) is 3.03. The molecule has 1 heterocycles. The van der Waals surface area contributed by atoms with E-state index in [1.54, 1.807) is 0 Å². The van der Waals surface area contributed by atoms with Gasteiger partial charge in [0.2, 0.25) is 0 Å². The van der Waals surface area contributed by atoms with E-state index < -0.39 is 0 Å². The van der Waals surface area contributed by atoms with Gasteiger partial charge in [-0.25, -0.2) is 4.98 Å². The van der Waals surface area contributed by atoms with Crippen LogP contribution in [0.5, 0.6) is 0 Å². The van der Waals surface area contributed by atoms with Crippen molar-refractivity contribution in [3.05, 3.63) is 46.5 Å². The summed E-state index contributed by atoms with van der Waals surface area (Å²) in [6.45, 7) is 2.88. The molecule has 0 unspecified atom stereocenters. The molecule has 0 radical (unpaired) electrons. The fraction of sp³-hybridized carbons (Fsp3) is 0.333. The monoisotopic (exact) mass is 290 g/mol. The largest absolute Gasteiger partial charge is 0.469 e. The summed E-state index contributed by atoms with van der Waals surface area (Å²) >= 11 is 1.50. The minimum Gasteiger partial charge on any atom is -0.469 e. The molecule has 2 rings (SSSR count). The molecule has 0 aliphatic rings. The van der Waals surface area contributed by atoms with Crippen molar-refractivity contribution in [2.75, 3.05) is 12.4 Å². The third-order valence-corrected chi connectivity index (χ3v) is 3.83. The molecule has 0 bridgehead atoms. The summed E-state index contributed by atoms with van der Waals surface area (Å²) in [7, 11) is 1.38. The molecule has 0 atom stereocenters. The Morgan fingerprint density at radius 1 is 1.30 bits per heavy atom. The molecular weight excluding hydrogens is 272 g/mol. The number of nitrogens with zero attached hydrogens (tertiary/aromatic N) is 1. The van der Waals surface area contributed by atoms with E-state index >= 15 is 0 Å². The summed E-state index contributed by atoms with van der Waals surface area (Å²) in [6, 6.07) is 8.52. The summed E-state index contributed by atoms with van der Waals surface area (Å²) in [6.07, 6.45) is 1.27. The highest BCUT2D eigenvalue weighted by atomic mass is 32.1. The van der Waals surface area contributed by atoms with E-state index in [1.165, 1.54) is 29.6 Å². The number of hydrogen-bond acceptors (Lipinski definition) is 5. The minimum absolute atomic E-state index is 0.222. The number of rotatable bonds is 6. The number of nitrogens with one attached hydrogen (secondary N) is 1. The Kier molecular flexibility index (Phi) is 5.12. The van der Waals surface area contributed by atoms with Gasteiger partial charge in [0.25, 0.3) is 0 Å². The van der Waals surface area contributed by atoms with Gasteiger partial charge in [0.15, 0.2) is 5.13 Å². The van der Waals surface area contributed by atoms with Crippen molar-refractivity contribution in [2.45, 2.75) is 26.3 Å². The smallest absolute Gasteiger partial charge is 0.311 e. The highest BCUT2D eigenvalue weighted by molar-refractivity contribution is 7.13. The van der Waals surface area contributed by atoms with Gasteiger partial charge in [0.1, 0.15) is 0 Å². The Bertz CT molecular complexity index is 564. The highest BCUT2D eigenvalue weighted by Crippen LogP contribution is 2.17. The second-order valence-electron chi connectivity index (χ2n) is 4.42. The molecule has 1 aromatic heterocycles. The van der Waals surface area contributed by atoms with Crippen LogP contribution >= 0.6 is 11.3 Å². The van der Waals surface area contributed by atoms with Crippen LogP contribution < -0.4 is 5.32 Å². The highest BCUT2D eigenvalue weighted by Gasteiger charge is 2.07. The third-order valence-electron chi connectivity index (χ3n) is 2.98. The van der Waals surface area contributed by atoms with E-state index in [4.69, 9.17) is 0 Å². The number of esters is 1. The third kappa shape index (κ3) is 4.06. The predicted molar refractivity (Wildman–Crippen MR) is 81.0 cm³/mol. The Morgan fingerprint density at radius 3 is 2.65 bits per heavy atom. The number of anilines is 1. The van der Waals surface area contributed by atoms with Crippen molar-refractivity contribution >= 4 is 22.4 Å². The fourth-order valence-corrected chi connectivity index (χ4v) is 2.47. The standard InChI is InChI=1S/C15H18N2O2S/c1-3-11-4-6-12(7-5-11)9-16-15-17-13(10-20-15)8-14(18)19-2/h4-7,10H,3,8-9H2,1-2H3,(H,16,17). The first-order valence-corrected chi connectivity index (χ1v) is 7.42.